The van der Waals surface area contributed by atoms with Crippen LogP contribution in [0, 0.1) is 0 Å². The van der Waals surface area contributed by atoms with Gasteiger partial charge in [0.1, 0.15) is 23.0 Å². The van der Waals surface area contributed by atoms with E-state index in [0.29, 0.717) is 0 Å². The first kappa shape index (κ1) is 33.4. The number of nitrogens with zero attached hydrogens (tertiary/aromatic N) is 2. The van der Waals surface area contributed by atoms with Crippen LogP contribution in [0.4, 0.5) is 17.1 Å². The molecule has 0 radical (unpaired) electrons. The summed E-state index contributed by atoms with van der Waals surface area (Å²) in [5.74, 6) is 3.31. The van der Waals surface area contributed by atoms with E-state index in [1.54, 1.807) is 0 Å². The van der Waals surface area contributed by atoms with Crippen molar-refractivity contribution in [1.29, 1.82) is 0 Å². The van der Waals surface area contributed by atoms with E-state index in [2.05, 4.69) is 216 Å². The van der Waals surface area contributed by atoms with Crippen LogP contribution in [0.2, 0.25) is 0 Å². The number of aromatic nitrogens is 1. The molecule has 0 spiro atoms. The van der Waals surface area contributed by atoms with E-state index in [4.69, 9.17) is 9.47 Å². The summed E-state index contributed by atoms with van der Waals surface area (Å²) in [6.07, 6.45) is 0. The zero-order chi connectivity index (χ0) is 38.9. The van der Waals surface area contributed by atoms with Crippen LogP contribution < -0.4 is 30.8 Å². The quantitative estimate of drug-likeness (QED) is 0.158. The van der Waals surface area contributed by atoms with E-state index in [0.717, 1.165) is 84.3 Å². The van der Waals surface area contributed by atoms with Crippen molar-refractivity contribution in [1.82, 2.24) is 4.57 Å². The summed E-state index contributed by atoms with van der Waals surface area (Å²) in [6, 6.07) is 75.3. The zero-order valence-electron chi connectivity index (χ0n) is 32.0. The molecule has 0 bridgehead atoms. The molecule has 5 heteroatoms. The Bertz CT molecular complexity index is 3170. The van der Waals surface area contributed by atoms with Crippen molar-refractivity contribution >= 4 is 62.0 Å². The van der Waals surface area contributed by atoms with E-state index >= 15 is 0 Å². The molecule has 12 rings (SSSR count). The van der Waals surface area contributed by atoms with Gasteiger partial charge in [0.15, 0.2) is 0 Å². The van der Waals surface area contributed by atoms with Gasteiger partial charge in [-0.1, -0.05) is 133 Å². The monoisotopic (exact) mass is 754 g/mol. The summed E-state index contributed by atoms with van der Waals surface area (Å²) in [4.78, 5) is 2.29. The van der Waals surface area contributed by atoms with Gasteiger partial charge in [0.05, 0.1) is 11.0 Å². The average molecular weight is 755 g/mol. The molecular formula is C54H35BN2O2. The number of ether oxygens (including phenoxy) is 2. The Labute approximate surface area is 342 Å². The molecule has 0 saturated heterocycles. The highest BCUT2D eigenvalue weighted by atomic mass is 16.5. The van der Waals surface area contributed by atoms with Crippen LogP contribution in [0.15, 0.2) is 212 Å². The van der Waals surface area contributed by atoms with Crippen LogP contribution in [0.25, 0.3) is 49.7 Å². The SMILES string of the molecule is c1ccc(-c2cc3c4c(c2)Oc2cc5c(cc2B4c2ccc(N(c4ccccc4)c4ccccc4)cc2O3)c2cc(-c3ccccc3)ccc2n5-c2ccccc2)cc1. The Morgan fingerprint density at radius 1 is 0.356 bits per heavy atom. The smallest absolute Gasteiger partial charge is 0.260 e. The number of hydrogen-bond donors (Lipinski definition) is 0. The van der Waals surface area contributed by atoms with Crippen LogP contribution in [0.3, 0.4) is 0 Å². The summed E-state index contributed by atoms with van der Waals surface area (Å²) in [5, 5.41) is 2.38. The Kier molecular flexibility index (Phi) is 7.60. The van der Waals surface area contributed by atoms with E-state index < -0.39 is 0 Å². The Hall–Kier alpha value is -7.76. The number of fused-ring (bicyclic) bond motifs is 7. The zero-order valence-corrected chi connectivity index (χ0v) is 32.0. The molecule has 4 nitrogen and oxygen atoms in total. The fraction of sp³-hybridized carbons (Fsp3) is 0. The van der Waals surface area contributed by atoms with E-state index in [9.17, 15) is 0 Å². The molecule has 2 aliphatic rings. The maximum Gasteiger partial charge on any atom is 0.260 e. The molecule has 0 atom stereocenters. The van der Waals surface area contributed by atoms with E-state index in [1.165, 1.54) is 21.9 Å². The second kappa shape index (κ2) is 13.4. The maximum absolute atomic E-state index is 7.07. The van der Waals surface area contributed by atoms with Crippen LogP contribution >= 0.6 is 0 Å². The highest BCUT2D eigenvalue weighted by Crippen LogP contribution is 2.43. The second-order valence-corrected chi connectivity index (χ2v) is 15.3. The van der Waals surface area contributed by atoms with Gasteiger partial charge < -0.3 is 18.9 Å². The fourth-order valence-electron chi connectivity index (χ4n) is 9.20. The molecule has 3 heterocycles. The third kappa shape index (κ3) is 5.47. The average Bonchev–Trinajstić information content (AvgIpc) is 3.62. The van der Waals surface area contributed by atoms with E-state index in [1.807, 2.05) is 6.07 Å². The number of rotatable bonds is 6. The van der Waals surface area contributed by atoms with Crippen molar-refractivity contribution in [2.75, 3.05) is 4.90 Å². The van der Waals surface area contributed by atoms with Gasteiger partial charge >= 0.3 is 0 Å². The normalized spacial score (nSPS) is 12.3. The van der Waals surface area contributed by atoms with Crippen LogP contribution in [0.5, 0.6) is 23.0 Å². The number of anilines is 3. The number of para-hydroxylation sites is 3. The van der Waals surface area contributed by atoms with Crippen molar-refractivity contribution in [2.24, 2.45) is 0 Å². The largest absolute Gasteiger partial charge is 0.458 e. The van der Waals surface area contributed by atoms with Crippen molar-refractivity contribution in [2.45, 2.75) is 0 Å². The van der Waals surface area contributed by atoms with Crippen LogP contribution in [0.1, 0.15) is 0 Å². The summed E-state index contributed by atoms with van der Waals surface area (Å²) >= 11 is 0. The fourth-order valence-corrected chi connectivity index (χ4v) is 9.20. The van der Waals surface area contributed by atoms with Crippen molar-refractivity contribution in [3.63, 3.8) is 0 Å². The lowest BCUT2D eigenvalue weighted by Crippen LogP contribution is -2.57. The van der Waals surface area contributed by atoms with Gasteiger partial charge in [-0.3, -0.25) is 0 Å². The Morgan fingerprint density at radius 2 is 0.898 bits per heavy atom. The molecule has 0 N–H and O–H groups in total. The first-order valence-corrected chi connectivity index (χ1v) is 20.1. The topological polar surface area (TPSA) is 26.6 Å². The summed E-state index contributed by atoms with van der Waals surface area (Å²) < 4.78 is 16.5. The summed E-state index contributed by atoms with van der Waals surface area (Å²) in [7, 11) is 0. The number of benzene rings is 9. The molecule has 0 aliphatic carbocycles. The minimum atomic E-state index is -0.120. The molecule has 0 saturated carbocycles. The van der Waals surface area contributed by atoms with Gasteiger partial charge in [-0.25, -0.2) is 0 Å². The molecule has 1 aromatic heterocycles. The molecular weight excluding hydrogens is 719 g/mol. The van der Waals surface area contributed by atoms with Crippen molar-refractivity contribution < 1.29 is 9.47 Å². The molecule has 2 aliphatic heterocycles. The molecule has 10 aromatic rings. The predicted molar refractivity (Wildman–Crippen MR) is 244 cm³/mol. The standard InChI is InChI=1S/C54H35BN2O2/c1-6-16-36(17-7-1)38-26-29-48-44(30-38)45-34-47-51(35-49(45)57(48)42-24-14-5-15-25-42)59-53-32-39(37-18-8-2-9-19-37)31-52-54(53)55(47)46-28-27-43(33-50(46)58-52)56(40-20-10-3-11-21-40)41-22-12-4-13-23-41/h1-35H. The predicted octanol–water partition coefficient (Wildman–Crippen LogP) is 12.3. The van der Waals surface area contributed by atoms with Gasteiger partial charge in [-0.2, -0.15) is 0 Å². The summed E-state index contributed by atoms with van der Waals surface area (Å²) in [5.41, 5.74) is 14.3. The highest BCUT2D eigenvalue weighted by Gasteiger charge is 2.41. The van der Waals surface area contributed by atoms with E-state index in [-0.39, 0.29) is 6.71 Å². The summed E-state index contributed by atoms with van der Waals surface area (Å²) in [6.45, 7) is -0.120. The van der Waals surface area contributed by atoms with Gasteiger partial charge in [-0.15, -0.1) is 0 Å². The second-order valence-electron chi connectivity index (χ2n) is 15.3. The lowest BCUT2D eigenvalue weighted by Gasteiger charge is -2.34. The lowest BCUT2D eigenvalue weighted by atomic mass is 9.34. The maximum atomic E-state index is 7.07. The minimum Gasteiger partial charge on any atom is -0.458 e. The lowest BCUT2D eigenvalue weighted by molar-refractivity contribution is 0.465. The molecule has 59 heavy (non-hydrogen) atoms. The molecule has 9 aromatic carbocycles. The molecule has 0 amide bonds. The Balaban J connectivity index is 1.10. The number of hydrogen-bond acceptors (Lipinski definition) is 3. The van der Waals surface area contributed by atoms with Gasteiger partial charge in [-0.05, 0) is 99.9 Å². The van der Waals surface area contributed by atoms with Crippen molar-refractivity contribution in [3.8, 4) is 50.9 Å². The first-order valence-electron chi connectivity index (χ1n) is 20.1. The van der Waals surface area contributed by atoms with Gasteiger partial charge in [0.2, 0.25) is 0 Å². The third-order valence-corrected chi connectivity index (χ3v) is 11.9. The minimum absolute atomic E-state index is 0.120. The van der Waals surface area contributed by atoms with Crippen molar-refractivity contribution in [3.05, 3.63) is 212 Å². The molecule has 0 fully saturated rings. The third-order valence-electron chi connectivity index (χ3n) is 11.9. The molecule has 0 unspecified atom stereocenters. The van der Waals surface area contributed by atoms with Gasteiger partial charge in [0.25, 0.3) is 6.71 Å². The Morgan fingerprint density at radius 3 is 1.53 bits per heavy atom. The van der Waals surface area contributed by atoms with Crippen LogP contribution in [-0.2, 0) is 0 Å². The molecule has 276 valence electrons. The highest BCUT2D eigenvalue weighted by molar-refractivity contribution is 6.98. The first-order chi connectivity index (χ1) is 29.2. The van der Waals surface area contributed by atoms with Gasteiger partial charge in [0, 0.05) is 51.1 Å². The van der Waals surface area contributed by atoms with Crippen LogP contribution in [-0.4, -0.2) is 11.3 Å².